The van der Waals surface area contributed by atoms with Gasteiger partial charge in [0.1, 0.15) is 0 Å². The summed E-state index contributed by atoms with van der Waals surface area (Å²) >= 11 is 0. The SMILES string of the molecule is N#N.O=C(O)Cc1ccccc1[N+](=O)[O-]. The van der Waals surface area contributed by atoms with Gasteiger partial charge in [-0.3, -0.25) is 14.9 Å². The predicted octanol–water partition coefficient (Wildman–Crippen LogP) is 1.25. The van der Waals surface area contributed by atoms with Crippen LogP contribution in [-0.2, 0) is 11.2 Å². The monoisotopic (exact) mass is 209 g/mol. The summed E-state index contributed by atoms with van der Waals surface area (Å²) in [6, 6.07) is 5.80. The topological polar surface area (TPSA) is 128 Å². The highest BCUT2D eigenvalue weighted by atomic mass is 16.6. The van der Waals surface area contributed by atoms with Gasteiger partial charge in [-0.1, -0.05) is 18.2 Å². The average Bonchev–Trinajstić information content (AvgIpc) is 2.20. The Bertz CT molecular complexity index is 388. The number of carboxylic acid groups (broad SMARTS) is 1. The highest BCUT2D eigenvalue weighted by Gasteiger charge is 2.14. The Morgan fingerprint density at radius 2 is 1.93 bits per heavy atom. The maximum Gasteiger partial charge on any atom is 0.308 e. The Morgan fingerprint density at radius 1 is 1.40 bits per heavy atom. The molecule has 78 valence electrons. The van der Waals surface area contributed by atoms with Gasteiger partial charge in [-0.25, -0.2) is 0 Å². The first kappa shape index (κ1) is 12.5. The van der Waals surface area contributed by atoms with Crippen molar-refractivity contribution in [3.05, 3.63) is 39.9 Å². The van der Waals surface area contributed by atoms with E-state index in [4.69, 9.17) is 15.9 Å². The van der Waals surface area contributed by atoms with Gasteiger partial charge in [0.05, 0.1) is 11.3 Å². The van der Waals surface area contributed by atoms with E-state index in [1.54, 1.807) is 6.07 Å². The molecule has 0 heterocycles. The Kier molecular flexibility index (Phi) is 5.04. The van der Waals surface area contributed by atoms with Crippen LogP contribution in [-0.4, -0.2) is 16.0 Å². The van der Waals surface area contributed by atoms with Crippen LogP contribution in [0.5, 0.6) is 0 Å². The van der Waals surface area contributed by atoms with Crippen molar-refractivity contribution in [1.29, 1.82) is 10.8 Å². The third kappa shape index (κ3) is 3.82. The third-order valence-electron chi connectivity index (χ3n) is 1.53. The van der Waals surface area contributed by atoms with Crippen molar-refractivity contribution in [3.63, 3.8) is 0 Å². The first-order valence-electron chi connectivity index (χ1n) is 3.75. The Labute approximate surface area is 84.5 Å². The maximum atomic E-state index is 10.4. The Hall–Kier alpha value is -2.49. The molecule has 1 aromatic carbocycles. The molecule has 1 rings (SSSR count). The number of aliphatic carboxylic acids is 1. The summed E-state index contributed by atoms with van der Waals surface area (Å²) in [6.07, 6.45) is -0.322. The van der Waals surface area contributed by atoms with Gasteiger partial charge in [0.25, 0.3) is 5.69 Å². The van der Waals surface area contributed by atoms with Crippen molar-refractivity contribution in [2.75, 3.05) is 0 Å². The molecule has 0 fully saturated rings. The molecular formula is C8H7N3O4. The zero-order chi connectivity index (χ0) is 11.8. The summed E-state index contributed by atoms with van der Waals surface area (Å²) in [5.74, 6) is -1.07. The fourth-order valence-corrected chi connectivity index (χ4v) is 1.00. The number of nitrogens with zero attached hydrogens (tertiary/aromatic N) is 3. The van der Waals surface area contributed by atoms with Gasteiger partial charge in [-0.2, -0.15) is 0 Å². The molecule has 0 aromatic heterocycles. The van der Waals surface area contributed by atoms with Crippen LogP contribution in [0.1, 0.15) is 5.56 Å². The van der Waals surface area contributed by atoms with Gasteiger partial charge in [0, 0.05) is 22.4 Å². The van der Waals surface area contributed by atoms with Crippen molar-refractivity contribution >= 4 is 11.7 Å². The molecule has 0 aliphatic rings. The number of hydrogen-bond acceptors (Lipinski definition) is 5. The molecule has 0 aliphatic carbocycles. The van der Waals surface area contributed by atoms with Crippen molar-refractivity contribution in [2.45, 2.75) is 6.42 Å². The van der Waals surface area contributed by atoms with E-state index in [-0.39, 0.29) is 17.7 Å². The fraction of sp³-hybridized carbons (Fsp3) is 0.125. The van der Waals surface area contributed by atoms with E-state index in [1.165, 1.54) is 18.2 Å². The normalized spacial score (nSPS) is 8.40. The van der Waals surface area contributed by atoms with Gasteiger partial charge in [-0.15, -0.1) is 0 Å². The van der Waals surface area contributed by atoms with Crippen LogP contribution in [0, 0.1) is 20.9 Å². The van der Waals surface area contributed by atoms with Gasteiger partial charge < -0.3 is 5.11 Å². The zero-order valence-corrected chi connectivity index (χ0v) is 7.53. The second-order valence-corrected chi connectivity index (χ2v) is 2.46. The van der Waals surface area contributed by atoms with Crippen LogP contribution in [0.3, 0.4) is 0 Å². The number of para-hydroxylation sites is 1. The minimum absolute atomic E-state index is 0.148. The first-order chi connectivity index (χ1) is 7.11. The van der Waals surface area contributed by atoms with E-state index < -0.39 is 10.9 Å². The number of carbonyl (C=O) groups is 1. The second-order valence-electron chi connectivity index (χ2n) is 2.46. The quantitative estimate of drug-likeness (QED) is 0.453. The minimum atomic E-state index is -1.07. The third-order valence-corrected chi connectivity index (χ3v) is 1.53. The molecule has 0 aliphatic heterocycles. The van der Waals surface area contributed by atoms with E-state index in [9.17, 15) is 14.9 Å². The Morgan fingerprint density at radius 3 is 2.40 bits per heavy atom. The highest BCUT2D eigenvalue weighted by Crippen LogP contribution is 2.17. The number of benzene rings is 1. The van der Waals surface area contributed by atoms with Gasteiger partial charge >= 0.3 is 5.97 Å². The van der Waals surface area contributed by atoms with Crippen LogP contribution in [0.25, 0.3) is 0 Å². The number of nitro groups is 1. The zero-order valence-electron chi connectivity index (χ0n) is 7.53. The molecule has 0 amide bonds. The van der Waals surface area contributed by atoms with Crippen LogP contribution in [0.15, 0.2) is 24.3 Å². The fourth-order valence-electron chi connectivity index (χ4n) is 1.00. The highest BCUT2D eigenvalue weighted by molar-refractivity contribution is 5.71. The minimum Gasteiger partial charge on any atom is -0.481 e. The molecule has 0 saturated carbocycles. The van der Waals surface area contributed by atoms with E-state index >= 15 is 0 Å². The summed E-state index contributed by atoms with van der Waals surface area (Å²) in [4.78, 5) is 20.2. The van der Waals surface area contributed by atoms with Gasteiger partial charge in [0.15, 0.2) is 0 Å². The van der Waals surface area contributed by atoms with Crippen LogP contribution < -0.4 is 0 Å². The standard InChI is InChI=1S/C8H7NO4.N2/c10-8(11)5-6-3-1-2-4-7(6)9(12)13;1-2/h1-4H,5H2,(H,10,11);. The summed E-state index contributed by atoms with van der Waals surface area (Å²) in [6.45, 7) is 0. The summed E-state index contributed by atoms with van der Waals surface area (Å²) in [7, 11) is 0. The van der Waals surface area contributed by atoms with Crippen molar-refractivity contribution in [2.24, 2.45) is 0 Å². The van der Waals surface area contributed by atoms with E-state index in [2.05, 4.69) is 0 Å². The molecule has 1 N–H and O–H groups in total. The molecule has 15 heavy (non-hydrogen) atoms. The van der Waals surface area contributed by atoms with Crippen molar-refractivity contribution in [1.82, 2.24) is 0 Å². The average molecular weight is 209 g/mol. The molecule has 1 aromatic rings. The molecule has 0 atom stereocenters. The lowest BCUT2D eigenvalue weighted by molar-refractivity contribution is -0.385. The molecule has 7 nitrogen and oxygen atoms in total. The number of hydrogen-bond donors (Lipinski definition) is 1. The molecule has 0 unspecified atom stereocenters. The maximum absolute atomic E-state index is 10.4. The van der Waals surface area contributed by atoms with Crippen LogP contribution in [0.2, 0.25) is 0 Å². The smallest absolute Gasteiger partial charge is 0.308 e. The van der Waals surface area contributed by atoms with Gasteiger partial charge in [-0.05, 0) is 0 Å². The molecule has 7 heteroatoms. The molecule has 0 bridgehead atoms. The van der Waals surface area contributed by atoms with Gasteiger partial charge in [0.2, 0.25) is 0 Å². The largest absolute Gasteiger partial charge is 0.481 e. The van der Waals surface area contributed by atoms with Crippen molar-refractivity contribution in [3.8, 4) is 0 Å². The van der Waals surface area contributed by atoms with E-state index in [0.717, 1.165) is 0 Å². The summed E-state index contributed by atoms with van der Waals surface area (Å²) < 4.78 is 0. The number of nitro benzene ring substituents is 1. The number of carboxylic acids is 1. The predicted molar refractivity (Wildman–Crippen MR) is 47.9 cm³/mol. The molecule has 0 saturated heterocycles. The molecule has 0 spiro atoms. The lowest BCUT2D eigenvalue weighted by atomic mass is 10.1. The molecular weight excluding hydrogens is 202 g/mol. The second kappa shape index (κ2) is 6.04. The summed E-state index contributed by atoms with van der Waals surface area (Å²) in [5.41, 5.74) is 0.0740. The van der Waals surface area contributed by atoms with E-state index in [1.807, 2.05) is 0 Å². The lowest BCUT2D eigenvalue weighted by Gasteiger charge is -1.97. The lowest BCUT2D eigenvalue weighted by Crippen LogP contribution is -2.03. The van der Waals surface area contributed by atoms with Crippen LogP contribution >= 0.6 is 0 Å². The Balaban J connectivity index is 0.000000921. The summed E-state index contributed by atoms with van der Waals surface area (Å²) in [5, 5.41) is 30.9. The van der Waals surface area contributed by atoms with Crippen LogP contribution in [0.4, 0.5) is 5.69 Å². The molecule has 0 radical (unpaired) electrons. The van der Waals surface area contributed by atoms with Crippen molar-refractivity contribution < 1.29 is 14.8 Å². The number of rotatable bonds is 3. The first-order valence-corrected chi connectivity index (χ1v) is 3.75. The van der Waals surface area contributed by atoms with E-state index in [0.29, 0.717) is 0 Å².